The molecule has 3 heterocycles. The number of hydrogen-bond acceptors (Lipinski definition) is 4. The summed E-state index contributed by atoms with van der Waals surface area (Å²) in [5.74, 6) is -2.61. The molecule has 0 bridgehead atoms. The van der Waals surface area contributed by atoms with Crippen LogP contribution in [0.5, 0.6) is 0 Å². The summed E-state index contributed by atoms with van der Waals surface area (Å²) in [6.07, 6.45) is 0.617. The Hall–Kier alpha value is -4.14. The number of aromatic nitrogens is 1. The molecule has 3 amide bonds. The van der Waals surface area contributed by atoms with Crippen molar-refractivity contribution >= 4 is 34.6 Å². The Morgan fingerprint density at radius 3 is 2.41 bits per heavy atom. The summed E-state index contributed by atoms with van der Waals surface area (Å²) in [4.78, 5) is 57.7. The highest BCUT2D eigenvalue weighted by atomic mass is 16.4. The molecule has 4 N–H and O–H groups in total. The van der Waals surface area contributed by atoms with E-state index in [1.54, 1.807) is 24.8 Å². The second kappa shape index (κ2) is 10.2. The third kappa shape index (κ3) is 4.66. The normalized spacial score (nSPS) is 19.4. The third-order valence-corrected chi connectivity index (χ3v) is 7.73. The summed E-state index contributed by atoms with van der Waals surface area (Å²) in [5, 5.41) is 16.0. The first-order valence-corrected chi connectivity index (χ1v) is 13.4. The molecule has 39 heavy (non-hydrogen) atoms. The molecular weight excluding hydrogens is 496 g/mol. The van der Waals surface area contributed by atoms with Gasteiger partial charge in [0.05, 0.1) is 6.04 Å². The van der Waals surface area contributed by atoms with Crippen molar-refractivity contribution in [3.05, 3.63) is 70.9 Å². The number of amides is 3. The van der Waals surface area contributed by atoms with Crippen LogP contribution < -0.4 is 10.6 Å². The van der Waals surface area contributed by atoms with E-state index in [1.807, 2.05) is 56.3 Å². The van der Waals surface area contributed by atoms with Crippen LogP contribution in [0.15, 0.2) is 48.5 Å². The van der Waals surface area contributed by atoms with E-state index in [1.165, 1.54) is 0 Å². The van der Waals surface area contributed by atoms with E-state index in [9.17, 15) is 24.3 Å². The summed E-state index contributed by atoms with van der Waals surface area (Å²) in [7, 11) is 0. The highest BCUT2D eigenvalue weighted by Crippen LogP contribution is 2.46. The van der Waals surface area contributed by atoms with Crippen LogP contribution in [0.3, 0.4) is 0 Å². The minimum absolute atomic E-state index is 0.0559. The average molecular weight is 531 g/mol. The van der Waals surface area contributed by atoms with Crippen molar-refractivity contribution in [3.8, 4) is 0 Å². The fourth-order valence-corrected chi connectivity index (χ4v) is 5.88. The zero-order chi connectivity index (χ0) is 28.0. The zero-order valence-electron chi connectivity index (χ0n) is 22.5. The first-order valence-electron chi connectivity index (χ1n) is 13.4. The number of carboxylic acid groups (broad SMARTS) is 1. The lowest BCUT2D eigenvalue weighted by atomic mass is 9.89. The van der Waals surface area contributed by atoms with Crippen molar-refractivity contribution in [2.75, 3.05) is 0 Å². The summed E-state index contributed by atoms with van der Waals surface area (Å²) in [6.45, 7) is 7.29. The average Bonchev–Trinajstić information content (AvgIpc) is 3.41. The smallest absolute Gasteiger partial charge is 0.326 e. The number of nitrogens with one attached hydrogen (secondary N) is 3. The van der Waals surface area contributed by atoms with Gasteiger partial charge in [0.2, 0.25) is 11.8 Å². The van der Waals surface area contributed by atoms with Crippen LogP contribution in [0.2, 0.25) is 0 Å². The Balaban J connectivity index is 1.50. The third-order valence-electron chi connectivity index (χ3n) is 7.73. The summed E-state index contributed by atoms with van der Waals surface area (Å²) in [6, 6.07) is 12.0. The Morgan fingerprint density at radius 2 is 1.72 bits per heavy atom. The van der Waals surface area contributed by atoms with Gasteiger partial charge in [-0.15, -0.1) is 0 Å². The molecule has 4 atom stereocenters. The van der Waals surface area contributed by atoms with Gasteiger partial charge in [-0.25, -0.2) is 4.79 Å². The Labute approximate surface area is 227 Å². The summed E-state index contributed by atoms with van der Waals surface area (Å²) < 4.78 is 0. The number of para-hydroxylation sites is 1. The van der Waals surface area contributed by atoms with Crippen LogP contribution in [0, 0.1) is 11.8 Å². The van der Waals surface area contributed by atoms with Gasteiger partial charge in [-0.1, -0.05) is 64.1 Å². The Kier molecular flexibility index (Phi) is 6.92. The number of carbonyl (C=O) groups excluding carboxylic acids is 3. The molecule has 0 radical (unpaired) electrons. The predicted octanol–water partition coefficient (Wildman–Crippen LogP) is 3.39. The molecule has 0 saturated carbocycles. The second-order valence-corrected chi connectivity index (χ2v) is 11.2. The molecule has 1 unspecified atom stereocenters. The van der Waals surface area contributed by atoms with Gasteiger partial charge in [-0.3, -0.25) is 14.4 Å². The van der Waals surface area contributed by atoms with Gasteiger partial charge in [-0.2, -0.15) is 0 Å². The molecule has 2 aliphatic rings. The fraction of sp³-hybridized carbons (Fsp3) is 0.400. The van der Waals surface area contributed by atoms with Crippen LogP contribution in [0.25, 0.3) is 10.9 Å². The lowest BCUT2D eigenvalue weighted by Crippen LogP contribution is -2.58. The van der Waals surface area contributed by atoms with Crippen LogP contribution in [-0.4, -0.2) is 56.8 Å². The van der Waals surface area contributed by atoms with Crippen molar-refractivity contribution in [1.82, 2.24) is 20.5 Å². The molecule has 2 aliphatic heterocycles. The van der Waals surface area contributed by atoms with Crippen molar-refractivity contribution in [2.24, 2.45) is 11.8 Å². The first kappa shape index (κ1) is 26.5. The Morgan fingerprint density at radius 1 is 1.03 bits per heavy atom. The van der Waals surface area contributed by atoms with E-state index in [0.717, 1.165) is 27.7 Å². The summed E-state index contributed by atoms with van der Waals surface area (Å²) >= 11 is 0. The number of fused-ring (bicyclic) bond motifs is 7. The van der Waals surface area contributed by atoms with Gasteiger partial charge in [0.1, 0.15) is 18.1 Å². The lowest BCUT2D eigenvalue weighted by molar-refractivity contribution is -0.143. The SMILES string of the molecule is CC(C)C[C@H](NC(=O)[C@@H]1Cc2c([nH]c3ccccc23)C2c3ccccc3C(=O)N21)C(=O)N[C@H](C(=O)O)C(C)C. The van der Waals surface area contributed by atoms with E-state index in [0.29, 0.717) is 18.4 Å². The maximum atomic E-state index is 13.9. The molecule has 0 aliphatic carbocycles. The van der Waals surface area contributed by atoms with Gasteiger partial charge in [0, 0.05) is 28.6 Å². The monoisotopic (exact) mass is 530 g/mol. The van der Waals surface area contributed by atoms with Crippen LogP contribution >= 0.6 is 0 Å². The number of aromatic amines is 1. The first-order chi connectivity index (χ1) is 18.6. The van der Waals surface area contributed by atoms with Gasteiger partial charge < -0.3 is 25.6 Å². The number of hydrogen-bond donors (Lipinski definition) is 4. The maximum Gasteiger partial charge on any atom is 0.326 e. The van der Waals surface area contributed by atoms with E-state index < -0.39 is 42.0 Å². The number of nitrogens with zero attached hydrogens (tertiary/aromatic N) is 1. The molecule has 0 fully saturated rings. The molecule has 204 valence electrons. The molecule has 9 nitrogen and oxygen atoms in total. The van der Waals surface area contributed by atoms with E-state index in [4.69, 9.17) is 0 Å². The standard InChI is InChI=1S/C30H34N4O5/c1-15(2)13-22(27(35)33-24(16(3)4)30(38)39)32-28(36)23-14-20-17-9-7-8-12-21(17)31-25(20)26-18-10-5-6-11-19(18)29(37)34(23)26/h5-12,15-16,22-24,26,31H,13-14H2,1-4H3,(H,32,36)(H,33,35)(H,38,39)/t22-,23-,24-,26?/m0/s1. The van der Waals surface area contributed by atoms with Crippen LogP contribution in [-0.2, 0) is 20.8 Å². The predicted molar refractivity (Wildman–Crippen MR) is 146 cm³/mol. The van der Waals surface area contributed by atoms with Crippen molar-refractivity contribution in [1.29, 1.82) is 0 Å². The topological polar surface area (TPSA) is 132 Å². The second-order valence-electron chi connectivity index (χ2n) is 11.2. The summed E-state index contributed by atoms with van der Waals surface area (Å²) in [5.41, 5.74) is 4.21. The van der Waals surface area contributed by atoms with Crippen LogP contribution in [0.4, 0.5) is 0 Å². The van der Waals surface area contributed by atoms with Crippen molar-refractivity contribution < 1.29 is 24.3 Å². The van der Waals surface area contributed by atoms with E-state index in [2.05, 4.69) is 15.6 Å². The highest BCUT2D eigenvalue weighted by Gasteiger charge is 2.49. The van der Waals surface area contributed by atoms with E-state index in [-0.39, 0.29) is 17.7 Å². The molecule has 3 aromatic rings. The largest absolute Gasteiger partial charge is 0.480 e. The number of carbonyl (C=O) groups is 4. The molecule has 0 saturated heterocycles. The number of rotatable bonds is 8. The minimum atomic E-state index is -1.13. The molecular formula is C30H34N4O5. The highest BCUT2D eigenvalue weighted by molar-refractivity contribution is 6.04. The number of H-pyrrole nitrogens is 1. The fourth-order valence-electron chi connectivity index (χ4n) is 5.88. The minimum Gasteiger partial charge on any atom is -0.480 e. The molecule has 0 spiro atoms. The molecule has 2 aromatic carbocycles. The Bertz CT molecular complexity index is 1460. The maximum absolute atomic E-state index is 13.9. The molecule has 1 aromatic heterocycles. The number of aliphatic carboxylic acids is 1. The molecule has 9 heteroatoms. The van der Waals surface area contributed by atoms with E-state index >= 15 is 0 Å². The quantitative estimate of drug-likeness (QED) is 0.355. The van der Waals surface area contributed by atoms with Crippen molar-refractivity contribution in [2.45, 2.75) is 64.7 Å². The number of carboxylic acids is 1. The lowest BCUT2D eigenvalue weighted by Gasteiger charge is -2.38. The molecule has 5 rings (SSSR count). The van der Waals surface area contributed by atoms with Gasteiger partial charge in [-0.05, 0) is 41.5 Å². The van der Waals surface area contributed by atoms with Crippen molar-refractivity contribution in [3.63, 3.8) is 0 Å². The van der Waals surface area contributed by atoms with Crippen LogP contribution in [0.1, 0.15) is 67.3 Å². The van der Waals surface area contributed by atoms with Gasteiger partial charge in [0.25, 0.3) is 5.91 Å². The van der Waals surface area contributed by atoms with Gasteiger partial charge in [0.15, 0.2) is 0 Å². The number of benzene rings is 2. The van der Waals surface area contributed by atoms with Gasteiger partial charge >= 0.3 is 5.97 Å². The zero-order valence-corrected chi connectivity index (χ0v) is 22.5.